The Morgan fingerprint density at radius 3 is 2.44 bits per heavy atom. The first-order valence-electron chi connectivity index (χ1n) is 6.46. The molecule has 3 heteroatoms. The summed E-state index contributed by atoms with van der Waals surface area (Å²) in [5, 5.41) is 21.8. The summed E-state index contributed by atoms with van der Waals surface area (Å²) in [6.07, 6.45) is 1.80. The van der Waals surface area contributed by atoms with Crippen molar-refractivity contribution in [3.05, 3.63) is 34.9 Å². The van der Waals surface area contributed by atoms with Crippen LogP contribution in [0.25, 0.3) is 0 Å². The number of rotatable bonds is 6. The minimum Gasteiger partial charge on any atom is -0.394 e. The van der Waals surface area contributed by atoms with Crippen molar-refractivity contribution in [2.45, 2.75) is 45.7 Å². The summed E-state index contributed by atoms with van der Waals surface area (Å²) in [6.45, 7) is 7.04. The lowest BCUT2D eigenvalue weighted by Crippen LogP contribution is -2.47. The number of aliphatic hydroxyl groups excluding tert-OH is 1. The highest BCUT2D eigenvalue weighted by atomic mass is 16.3. The Labute approximate surface area is 109 Å². The third kappa shape index (κ3) is 3.32. The van der Waals surface area contributed by atoms with Gasteiger partial charge in [-0.05, 0) is 43.0 Å². The molecule has 0 atom stereocenters. The number of benzene rings is 1. The Hall–Kier alpha value is -1.37. The monoisotopic (exact) mass is 246 g/mol. The lowest BCUT2D eigenvalue weighted by molar-refractivity contribution is 0.149. The highest BCUT2D eigenvalue weighted by Crippen LogP contribution is 2.17. The third-order valence-corrected chi connectivity index (χ3v) is 3.78. The van der Waals surface area contributed by atoms with Crippen molar-refractivity contribution in [2.75, 3.05) is 6.61 Å². The summed E-state index contributed by atoms with van der Waals surface area (Å²) in [4.78, 5) is 0. The van der Waals surface area contributed by atoms with Gasteiger partial charge in [-0.3, -0.25) is 0 Å². The molecule has 3 nitrogen and oxygen atoms in total. The molecule has 0 saturated heterocycles. The first kappa shape index (κ1) is 14.7. The molecule has 1 rings (SSSR count). The molecule has 0 spiro atoms. The van der Waals surface area contributed by atoms with Crippen LogP contribution in [0.2, 0.25) is 0 Å². The molecule has 1 aromatic rings. The van der Waals surface area contributed by atoms with Crippen molar-refractivity contribution in [1.29, 1.82) is 5.26 Å². The van der Waals surface area contributed by atoms with E-state index >= 15 is 0 Å². The SMILES string of the molecule is CCC(CC)(CO)NCc1ccc(C#N)cc1C. The van der Waals surface area contributed by atoms with Crippen molar-refractivity contribution in [1.82, 2.24) is 5.32 Å². The summed E-state index contributed by atoms with van der Waals surface area (Å²) in [7, 11) is 0. The van der Waals surface area contributed by atoms with E-state index in [9.17, 15) is 5.11 Å². The molecule has 0 aliphatic carbocycles. The summed E-state index contributed by atoms with van der Waals surface area (Å²) in [6, 6.07) is 7.86. The highest BCUT2D eigenvalue weighted by Gasteiger charge is 2.24. The fourth-order valence-corrected chi connectivity index (χ4v) is 2.03. The summed E-state index contributed by atoms with van der Waals surface area (Å²) >= 11 is 0. The quantitative estimate of drug-likeness (QED) is 0.811. The standard InChI is InChI=1S/C15H22N2O/c1-4-15(5-2,11-18)17-10-14-7-6-13(9-16)8-12(14)3/h6-8,17-18H,4-5,10-11H2,1-3H3. The van der Waals surface area contributed by atoms with Crippen molar-refractivity contribution in [3.63, 3.8) is 0 Å². The van der Waals surface area contributed by atoms with Gasteiger partial charge >= 0.3 is 0 Å². The van der Waals surface area contributed by atoms with Gasteiger partial charge in [0.05, 0.1) is 18.2 Å². The predicted octanol–water partition coefficient (Wildman–Crippen LogP) is 2.51. The normalized spacial score (nSPS) is 11.3. The topological polar surface area (TPSA) is 56.0 Å². The van der Waals surface area contributed by atoms with Crippen molar-refractivity contribution >= 4 is 0 Å². The Balaban J connectivity index is 2.77. The maximum atomic E-state index is 9.50. The van der Waals surface area contributed by atoms with Crippen LogP contribution in [0.1, 0.15) is 43.4 Å². The second-order valence-electron chi connectivity index (χ2n) is 4.75. The average molecular weight is 246 g/mol. The van der Waals surface area contributed by atoms with E-state index in [1.54, 1.807) is 0 Å². The van der Waals surface area contributed by atoms with Crippen LogP contribution in [0.5, 0.6) is 0 Å². The number of hydrogen-bond acceptors (Lipinski definition) is 3. The smallest absolute Gasteiger partial charge is 0.0991 e. The molecule has 0 saturated carbocycles. The Kier molecular flexibility index (Phi) is 5.33. The first-order chi connectivity index (χ1) is 8.60. The molecule has 0 amide bonds. The van der Waals surface area contributed by atoms with Crippen LogP contribution in [-0.4, -0.2) is 17.3 Å². The van der Waals surface area contributed by atoms with E-state index < -0.39 is 0 Å². The minimum absolute atomic E-state index is 0.148. The van der Waals surface area contributed by atoms with Gasteiger partial charge in [-0.2, -0.15) is 5.26 Å². The number of aryl methyl sites for hydroxylation is 1. The number of nitrogens with one attached hydrogen (secondary N) is 1. The maximum absolute atomic E-state index is 9.50. The fourth-order valence-electron chi connectivity index (χ4n) is 2.03. The van der Waals surface area contributed by atoms with Crippen LogP contribution >= 0.6 is 0 Å². The zero-order chi connectivity index (χ0) is 13.6. The summed E-state index contributed by atoms with van der Waals surface area (Å²) in [5.74, 6) is 0. The Morgan fingerprint density at radius 2 is 2.00 bits per heavy atom. The molecule has 2 N–H and O–H groups in total. The molecule has 0 bridgehead atoms. The molecule has 0 radical (unpaired) electrons. The van der Waals surface area contributed by atoms with Crippen LogP contribution in [0.4, 0.5) is 0 Å². The van der Waals surface area contributed by atoms with E-state index in [2.05, 4.69) is 25.2 Å². The van der Waals surface area contributed by atoms with E-state index in [0.717, 1.165) is 24.9 Å². The number of nitriles is 1. The van der Waals surface area contributed by atoms with Crippen molar-refractivity contribution < 1.29 is 5.11 Å². The minimum atomic E-state index is -0.194. The Morgan fingerprint density at radius 1 is 1.33 bits per heavy atom. The van der Waals surface area contributed by atoms with Crippen LogP contribution < -0.4 is 5.32 Å². The molecule has 1 aromatic carbocycles. The predicted molar refractivity (Wildman–Crippen MR) is 73.1 cm³/mol. The summed E-state index contributed by atoms with van der Waals surface area (Å²) in [5.41, 5.74) is 2.78. The van der Waals surface area contributed by atoms with Crippen LogP contribution in [0.15, 0.2) is 18.2 Å². The molecule has 0 aliphatic rings. The lowest BCUT2D eigenvalue weighted by Gasteiger charge is -2.31. The molecule has 0 aliphatic heterocycles. The number of nitrogens with zero attached hydrogens (tertiary/aromatic N) is 1. The summed E-state index contributed by atoms with van der Waals surface area (Å²) < 4.78 is 0. The van der Waals surface area contributed by atoms with Crippen molar-refractivity contribution in [2.24, 2.45) is 0 Å². The van der Waals surface area contributed by atoms with E-state index in [0.29, 0.717) is 5.56 Å². The largest absolute Gasteiger partial charge is 0.394 e. The van der Waals surface area contributed by atoms with Gasteiger partial charge in [0.2, 0.25) is 0 Å². The van der Waals surface area contributed by atoms with Gasteiger partial charge in [0.1, 0.15) is 0 Å². The zero-order valence-electron chi connectivity index (χ0n) is 11.5. The van der Waals surface area contributed by atoms with Gasteiger partial charge < -0.3 is 10.4 Å². The van der Waals surface area contributed by atoms with Gasteiger partial charge in [-0.25, -0.2) is 0 Å². The van der Waals surface area contributed by atoms with E-state index in [1.165, 1.54) is 5.56 Å². The number of aliphatic hydroxyl groups is 1. The third-order valence-electron chi connectivity index (χ3n) is 3.78. The van der Waals surface area contributed by atoms with Gasteiger partial charge in [0.25, 0.3) is 0 Å². The first-order valence-corrected chi connectivity index (χ1v) is 6.46. The van der Waals surface area contributed by atoms with E-state index in [4.69, 9.17) is 5.26 Å². The molecule has 98 valence electrons. The molecule has 18 heavy (non-hydrogen) atoms. The van der Waals surface area contributed by atoms with E-state index in [-0.39, 0.29) is 12.1 Å². The van der Waals surface area contributed by atoms with Gasteiger partial charge in [0.15, 0.2) is 0 Å². The van der Waals surface area contributed by atoms with Gasteiger partial charge in [-0.1, -0.05) is 19.9 Å². The lowest BCUT2D eigenvalue weighted by atomic mass is 9.93. The van der Waals surface area contributed by atoms with Gasteiger partial charge in [0, 0.05) is 12.1 Å². The van der Waals surface area contributed by atoms with Gasteiger partial charge in [-0.15, -0.1) is 0 Å². The Bertz CT molecular complexity index is 422. The molecule has 0 heterocycles. The second-order valence-corrected chi connectivity index (χ2v) is 4.75. The maximum Gasteiger partial charge on any atom is 0.0991 e. The second kappa shape index (κ2) is 6.53. The molecule has 0 fully saturated rings. The average Bonchev–Trinajstić information content (AvgIpc) is 2.42. The van der Waals surface area contributed by atoms with Crippen LogP contribution in [-0.2, 0) is 6.54 Å². The fraction of sp³-hybridized carbons (Fsp3) is 0.533. The van der Waals surface area contributed by atoms with Crippen LogP contribution in [0.3, 0.4) is 0 Å². The van der Waals surface area contributed by atoms with Crippen LogP contribution in [0, 0.1) is 18.3 Å². The van der Waals surface area contributed by atoms with E-state index in [1.807, 2.05) is 25.1 Å². The molecule has 0 unspecified atom stereocenters. The highest BCUT2D eigenvalue weighted by molar-refractivity contribution is 5.37. The molecule has 0 aromatic heterocycles. The molecular weight excluding hydrogens is 224 g/mol. The zero-order valence-corrected chi connectivity index (χ0v) is 11.5. The van der Waals surface area contributed by atoms with Crippen molar-refractivity contribution in [3.8, 4) is 6.07 Å². The molecular formula is C15H22N2O. The number of hydrogen-bond donors (Lipinski definition) is 2.